The van der Waals surface area contributed by atoms with Gasteiger partial charge in [0.25, 0.3) is 5.91 Å². The number of carbonyl (C=O) groups is 3. The van der Waals surface area contributed by atoms with Gasteiger partial charge in [0, 0.05) is 36.5 Å². The second-order valence-electron chi connectivity index (χ2n) is 10.2. The van der Waals surface area contributed by atoms with Crippen LogP contribution in [-0.2, 0) is 9.53 Å². The summed E-state index contributed by atoms with van der Waals surface area (Å²) in [5.41, 5.74) is 4.76. The van der Waals surface area contributed by atoms with Gasteiger partial charge >= 0.3 is 11.9 Å². The Hall–Kier alpha value is -4.52. The first-order valence-corrected chi connectivity index (χ1v) is 14.2. The van der Waals surface area contributed by atoms with Crippen molar-refractivity contribution in [3.05, 3.63) is 87.4 Å². The van der Waals surface area contributed by atoms with E-state index in [1.165, 1.54) is 7.11 Å². The lowest BCUT2D eigenvalue weighted by Crippen LogP contribution is -3.06. The molecule has 0 radical (unpaired) electrons. The van der Waals surface area contributed by atoms with Crippen LogP contribution < -0.4 is 15.4 Å². The Kier molecular flexibility index (Phi) is 10.1. The summed E-state index contributed by atoms with van der Waals surface area (Å²) in [4.78, 5) is 40.6. The van der Waals surface area contributed by atoms with Crippen LogP contribution >= 0.6 is 0 Å². The van der Waals surface area contributed by atoms with E-state index in [0.29, 0.717) is 57.7 Å². The van der Waals surface area contributed by atoms with Crippen molar-refractivity contribution in [2.45, 2.75) is 65.7 Å². The smallest absolute Gasteiger partial charge is 0.339 e. The normalized spacial score (nSPS) is 16.0. The van der Waals surface area contributed by atoms with E-state index in [9.17, 15) is 19.6 Å². The molecule has 1 unspecified atom stereocenters. The highest BCUT2D eigenvalue weighted by Crippen LogP contribution is 2.36. The quantitative estimate of drug-likeness (QED) is 0.202. The van der Waals surface area contributed by atoms with Crippen LogP contribution in [0.1, 0.15) is 94.8 Å². The Morgan fingerprint density at radius 2 is 1.76 bits per heavy atom. The zero-order valence-corrected chi connectivity index (χ0v) is 24.5. The van der Waals surface area contributed by atoms with E-state index < -0.39 is 23.0 Å². The number of allylic oxidation sites excluding steroid dienone is 2. The van der Waals surface area contributed by atoms with E-state index in [1.807, 2.05) is 43.3 Å². The van der Waals surface area contributed by atoms with Crippen LogP contribution in [0.4, 0.5) is 11.4 Å². The molecule has 0 spiro atoms. The second kappa shape index (κ2) is 13.9. The SMILES string of the molecule is CCCCCC#Cc1c(C(=O)Nc2ccc(C3=N[NH+]([O-])C(=O)CC3)cc2)c(C)c(N2C=CCC=C2)c(C)c1C(=O)OC. The van der Waals surface area contributed by atoms with E-state index in [0.717, 1.165) is 25.7 Å². The molecule has 2 heterocycles. The molecule has 9 heteroatoms. The number of carbonyl (C=O) groups excluding carboxylic acids is 3. The zero-order valence-electron chi connectivity index (χ0n) is 24.5. The van der Waals surface area contributed by atoms with Crippen molar-refractivity contribution >= 4 is 34.9 Å². The van der Waals surface area contributed by atoms with E-state index in [4.69, 9.17) is 4.74 Å². The highest BCUT2D eigenvalue weighted by molar-refractivity contribution is 6.12. The lowest BCUT2D eigenvalue weighted by Gasteiger charge is -2.27. The lowest BCUT2D eigenvalue weighted by atomic mass is 9.89. The first kappa shape index (κ1) is 30.4. The molecule has 2 aromatic carbocycles. The Morgan fingerprint density at radius 1 is 1.07 bits per heavy atom. The number of nitrogens with zero attached hydrogens (tertiary/aromatic N) is 2. The molecular formula is C33H36N4O5. The van der Waals surface area contributed by atoms with Crippen molar-refractivity contribution in [3.63, 3.8) is 0 Å². The van der Waals surface area contributed by atoms with Crippen LogP contribution in [0.2, 0.25) is 0 Å². The molecule has 218 valence electrons. The van der Waals surface area contributed by atoms with Gasteiger partial charge in [-0.3, -0.25) is 4.79 Å². The molecule has 0 aliphatic carbocycles. The van der Waals surface area contributed by atoms with Gasteiger partial charge < -0.3 is 20.2 Å². The average Bonchev–Trinajstić information content (AvgIpc) is 2.99. The largest absolute Gasteiger partial charge is 0.599 e. The number of esters is 1. The minimum Gasteiger partial charge on any atom is -0.599 e. The number of ether oxygens (including phenoxy) is 1. The molecule has 42 heavy (non-hydrogen) atoms. The molecular weight excluding hydrogens is 532 g/mol. The van der Waals surface area contributed by atoms with E-state index in [1.54, 1.807) is 24.3 Å². The number of quaternary nitrogens is 1. The van der Waals surface area contributed by atoms with Crippen molar-refractivity contribution in [1.29, 1.82) is 0 Å². The standard InChI is InChI=1S/C33H36N4O5/c1-5-6-7-8-10-13-26-29(22(2)31(36-20-11-9-12-21-36)23(3)30(26)33(40)42-4)32(39)34-25-16-14-24(15-17-25)27-18-19-28(38)37(41)35-27/h11-12,14-17,20-21,37H,5-9,18-19H2,1-4H3,(H,34,39). The summed E-state index contributed by atoms with van der Waals surface area (Å²) in [5, 5.41) is 17.9. The third-order valence-electron chi connectivity index (χ3n) is 7.30. The number of hydroxylamine groups is 1. The van der Waals surface area contributed by atoms with Gasteiger partial charge in [-0.1, -0.05) is 61.0 Å². The van der Waals surface area contributed by atoms with Crippen LogP contribution in [0, 0.1) is 30.9 Å². The number of rotatable bonds is 8. The number of nitrogens with one attached hydrogen (secondary N) is 2. The fraction of sp³-hybridized carbons (Fsp3) is 0.333. The van der Waals surface area contributed by atoms with Gasteiger partial charge in [-0.25, -0.2) is 9.59 Å². The van der Waals surface area contributed by atoms with Crippen LogP contribution in [0.15, 0.2) is 53.9 Å². The maximum absolute atomic E-state index is 14.0. The minimum absolute atomic E-state index is 0.136. The molecule has 2 N–H and O–H groups in total. The minimum atomic E-state index is -0.734. The maximum Gasteiger partial charge on any atom is 0.339 e. The molecule has 2 aromatic rings. The molecule has 0 saturated carbocycles. The summed E-state index contributed by atoms with van der Waals surface area (Å²) in [6.07, 6.45) is 12.8. The Bertz CT molecular complexity index is 1510. The van der Waals surface area contributed by atoms with Crippen LogP contribution in [0.3, 0.4) is 0 Å². The van der Waals surface area contributed by atoms with Crippen molar-refractivity contribution in [2.24, 2.45) is 5.10 Å². The number of hydrogen-bond acceptors (Lipinski definition) is 7. The first-order valence-electron chi connectivity index (χ1n) is 14.2. The van der Waals surface area contributed by atoms with E-state index in [2.05, 4.69) is 29.2 Å². The maximum atomic E-state index is 14.0. The number of amides is 2. The highest BCUT2D eigenvalue weighted by atomic mass is 16.5. The van der Waals surface area contributed by atoms with Crippen molar-refractivity contribution in [2.75, 3.05) is 17.3 Å². The summed E-state index contributed by atoms with van der Waals surface area (Å²) in [7, 11) is 1.32. The summed E-state index contributed by atoms with van der Waals surface area (Å²) in [5.74, 6) is 4.87. The van der Waals surface area contributed by atoms with Gasteiger partial charge in [0.2, 0.25) is 0 Å². The molecule has 2 aliphatic heterocycles. The monoisotopic (exact) mass is 568 g/mol. The second-order valence-corrected chi connectivity index (χ2v) is 10.2. The van der Waals surface area contributed by atoms with Gasteiger partial charge in [-0.05, 0) is 49.9 Å². The highest BCUT2D eigenvalue weighted by Gasteiger charge is 2.29. The molecule has 9 nitrogen and oxygen atoms in total. The number of benzene rings is 2. The van der Waals surface area contributed by atoms with Gasteiger partial charge in [0.1, 0.15) is 5.71 Å². The summed E-state index contributed by atoms with van der Waals surface area (Å²) >= 11 is 0. The third kappa shape index (κ3) is 6.68. The van der Waals surface area contributed by atoms with Crippen molar-refractivity contribution in [1.82, 2.24) is 0 Å². The summed E-state index contributed by atoms with van der Waals surface area (Å²) < 4.78 is 5.17. The van der Waals surface area contributed by atoms with Crippen LogP contribution in [-0.4, -0.2) is 30.6 Å². The Balaban J connectivity index is 1.77. The molecule has 0 saturated heterocycles. The molecule has 2 aliphatic rings. The summed E-state index contributed by atoms with van der Waals surface area (Å²) in [6, 6.07) is 6.94. The Morgan fingerprint density at radius 3 is 2.40 bits per heavy atom. The predicted octanol–water partition coefficient (Wildman–Crippen LogP) is 4.92. The van der Waals surface area contributed by atoms with Gasteiger partial charge in [-0.2, -0.15) is 5.17 Å². The average molecular weight is 569 g/mol. The third-order valence-corrected chi connectivity index (χ3v) is 7.30. The fourth-order valence-electron chi connectivity index (χ4n) is 5.14. The number of hydrogen-bond donors (Lipinski definition) is 2. The lowest BCUT2D eigenvalue weighted by molar-refractivity contribution is -0.773. The molecule has 0 bridgehead atoms. The van der Waals surface area contributed by atoms with Gasteiger partial charge in [0.05, 0.1) is 35.9 Å². The molecule has 4 rings (SSSR count). The first-order chi connectivity index (χ1) is 20.3. The van der Waals surface area contributed by atoms with Crippen LogP contribution in [0.25, 0.3) is 0 Å². The van der Waals surface area contributed by atoms with E-state index in [-0.39, 0.29) is 12.0 Å². The summed E-state index contributed by atoms with van der Waals surface area (Å²) in [6.45, 7) is 5.83. The molecule has 1 atom stereocenters. The number of unbranched alkanes of at least 4 members (excludes halogenated alkanes) is 3. The van der Waals surface area contributed by atoms with Crippen molar-refractivity contribution < 1.29 is 24.3 Å². The molecule has 2 amide bonds. The van der Waals surface area contributed by atoms with Crippen molar-refractivity contribution in [3.8, 4) is 11.8 Å². The predicted molar refractivity (Wildman–Crippen MR) is 163 cm³/mol. The van der Waals surface area contributed by atoms with Gasteiger partial charge in [0.15, 0.2) is 0 Å². The number of anilines is 2. The molecule has 0 aromatic heterocycles. The van der Waals surface area contributed by atoms with Gasteiger partial charge in [-0.15, -0.1) is 0 Å². The number of methoxy groups -OCH3 is 1. The topological polar surface area (TPSA) is 116 Å². The Labute approximate surface area is 246 Å². The molecule has 0 fully saturated rings. The zero-order chi connectivity index (χ0) is 30.2. The van der Waals surface area contributed by atoms with Crippen LogP contribution in [0.5, 0.6) is 0 Å². The fourth-order valence-corrected chi connectivity index (χ4v) is 5.14. The van der Waals surface area contributed by atoms with E-state index >= 15 is 0 Å².